The Hall–Kier alpha value is -2.48. The molecule has 3 aromatic carbocycles. The molecule has 0 spiro atoms. The van der Waals surface area contributed by atoms with Gasteiger partial charge in [0.25, 0.3) is 0 Å². The molecule has 85 valence electrons. The zero-order valence-corrected chi connectivity index (χ0v) is 9.75. The Morgan fingerprint density at radius 3 is 2.22 bits per heavy atom. The van der Waals surface area contributed by atoms with Crippen molar-refractivity contribution < 1.29 is 0 Å². The highest BCUT2D eigenvalue weighted by atomic mass is 15.1. The van der Waals surface area contributed by atoms with E-state index in [0.717, 1.165) is 11.4 Å². The molecule has 0 unspecified atom stereocenters. The average molecular weight is 231 g/mol. The molecule has 0 N–H and O–H groups in total. The van der Waals surface area contributed by atoms with Crippen molar-refractivity contribution >= 4 is 22.1 Å². The van der Waals surface area contributed by atoms with Gasteiger partial charge in [-0.1, -0.05) is 42.5 Å². The van der Waals surface area contributed by atoms with Gasteiger partial charge in [0.15, 0.2) is 0 Å². The number of benzene rings is 3. The van der Waals surface area contributed by atoms with Crippen LogP contribution in [0.15, 0.2) is 77.0 Å². The number of fused-ring (bicyclic) bond motifs is 1. The molecule has 0 atom stereocenters. The van der Waals surface area contributed by atoms with Crippen LogP contribution in [-0.2, 0) is 0 Å². The summed E-state index contributed by atoms with van der Waals surface area (Å²) in [4.78, 5) is 0. The van der Waals surface area contributed by atoms with Crippen LogP contribution in [0.25, 0.3) is 10.8 Å². The molecule has 0 amide bonds. The predicted octanol–water partition coefficient (Wildman–Crippen LogP) is 5.06. The molecule has 0 bridgehead atoms. The molecule has 0 heterocycles. The van der Waals surface area contributed by atoms with E-state index in [9.17, 15) is 0 Å². The molecule has 3 aromatic rings. The van der Waals surface area contributed by atoms with Crippen LogP contribution >= 0.6 is 0 Å². The van der Waals surface area contributed by atoms with Crippen molar-refractivity contribution in [3.63, 3.8) is 0 Å². The second-order valence-electron chi connectivity index (χ2n) is 3.99. The lowest BCUT2D eigenvalue weighted by molar-refractivity contribution is 1.23. The highest BCUT2D eigenvalue weighted by Gasteiger charge is 1.94. The summed E-state index contributed by atoms with van der Waals surface area (Å²) in [5.41, 5.74) is 1.70. The number of nitrogens with zero attached hydrogens (tertiary/aromatic N) is 2. The van der Waals surface area contributed by atoms with Crippen LogP contribution in [0.2, 0.25) is 0 Å². The minimum Gasteiger partial charge on any atom is -0.151 e. The maximum absolute atomic E-state index is 4.24. The van der Waals surface area contributed by atoms with Crippen molar-refractivity contribution in [1.29, 1.82) is 0 Å². The van der Waals surface area contributed by atoms with Crippen LogP contribution in [0, 0.1) is 6.07 Å². The van der Waals surface area contributed by atoms with Gasteiger partial charge >= 0.3 is 0 Å². The monoisotopic (exact) mass is 231 g/mol. The van der Waals surface area contributed by atoms with E-state index in [-0.39, 0.29) is 0 Å². The van der Waals surface area contributed by atoms with E-state index >= 15 is 0 Å². The molecule has 0 aliphatic rings. The van der Waals surface area contributed by atoms with Crippen LogP contribution < -0.4 is 0 Å². The van der Waals surface area contributed by atoms with E-state index in [4.69, 9.17) is 0 Å². The molecule has 0 saturated carbocycles. The number of rotatable bonds is 2. The van der Waals surface area contributed by atoms with Gasteiger partial charge in [0.2, 0.25) is 0 Å². The lowest BCUT2D eigenvalue weighted by Crippen LogP contribution is -1.70. The third-order valence-electron chi connectivity index (χ3n) is 2.71. The van der Waals surface area contributed by atoms with Crippen LogP contribution in [-0.4, -0.2) is 0 Å². The van der Waals surface area contributed by atoms with Gasteiger partial charge in [0.1, 0.15) is 0 Å². The van der Waals surface area contributed by atoms with E-state index < -0.39 is 0 Å². The minimum atomic E-state index is 0.835. The molecule has 3 rings (SSSR count). The highest BCUT2D eigenvalue weighted by Crippen LogP contribution is 2.22. The third-order valence-corrected chi connectivity index (χ3v) is 2.71. The number of azo groups is 1. The third kappa shape index (κ3) is 2.28. The van der Waals surface area contributed by atoms with Crippen LogP contribution in [0.3, 0.4) is 0 Å². The van der Waals surface area contributed by atoms with Crippen molar-refractivity contribution in [2.24, 2.45) is 10.2 Å². The first-order valence-corrected chi connectivity index (χ1v) is 5.78. The first kappa shape index (κ1) is 10.7. The second kappa shape index (κ2) is 4.80. The van der Waals surface area contributed by atoms with Crippen molar-refractivity contribution in [3.05, 3.63) is 72.8 Å². The lowest BCUT2D eigenvalue weighted by Gasteiger charge is -1.98. The lowest BCUT2D eigenvalue weighted by atomic mass is 10.1. The quantitative estimate of drug-likeness (QED) is 0.551. The van der Waals surface area contributed by atoms with Gasteiger partial charge < -0.3 is 0 Å². The largest absolute Gasteiger partial charge is 0.151 e. The van der Waals surface area contributed by atoms with Gasteiger partial charge in [-0.15, -0.1) is 0 Å². The Morgan fingerprint density at radius 2 is 1.39 bits per heavy atom. The van der Waals surface area contributed by atoms with Crippen molar-refractivity contribution in [1.82, 2.24) is 0 Å². The first-order chi connectivity index (χ1) is 8.92. The topological polar surface area (TPSA) is 24.7 Å². The van der Waals surface area contributed by atoms with E-state index in [2.05, 4.69) is 34.5 Å². The summed E-state index contributed by atoms with van der Waals surface area (Å²) in [6.45, 7) is 0. The Morgan fingerprint density at radius 1 is 0.667 bits per heavy atom. The zero-order chi connectivity index (χ0) is 12.2. The molecule has 0 aliphatic carbocycles. The summed E-state index contributed by atoms with van der Waals surface area (Å²) < 4.78 is 0. The van der Waals surface area contributed by atoms with E-state index in [0.29, 0.717) is 0 Å². The molecule has 2 heteroatoms. The SMILES string of the molecule is [c]1ccc(/N=N/c2ccc3ccccc3c2)cc1. The Kier molecular flexibility index (Phi) is 2.84. The Bertz CT molecular complexity index is 688. The van der Waals surface area contributed by atoms with E-state index in [1.165, 1.54) is 10.8 Å². The van der Waals surface area contributed by atoms with Crippen LogP contribution in [0.5, 0.6) is 0 Å². The number of hydrogen-bond donors (Lipinski definition) is 0. The van der Waals surface area contributed by atoms with Gasteiger partial charge in [0.05, 0.1) is 11.4 Å². The summed E-state index contributed by atoms with van der Waals surface area (Å²) in [5, 5.41) is 10.8. The standard InChI is InChI=1S/C16H11N2/c1-2-8-15(9-3-1)17-18-16-11-10-13-6-4-5-7-14(13)12-16/h2-12H/b18-17+. The maximum Gasteiger partial charge on any atom is 0.0863 e. The van der Waals surface area contributed by atoms with Crippen molar-refractivity contribution in [3.8, 4) is 0 Å². The van der Waals surface area contributed by atoms with Gasteiger partial charge in [-0.25, -0.2) is 0 Å². The Labute approximate surface area is 106 Å². The van der Waals surface area contributed by atoms with Crippen LogP contribution in [0.4, 0.5) is 11.4 Å². The van der Waals surface area contributed by atoms with E-state index in [1.807, 2.05) is 48.5 Å². The minimum absolute atomic E-state index is 0.835. The summed E-state index contributed by atoms with van der Waals surface area (Å²) in [6, 6.07) is 24.7. The maximum atomic E-state index is 4.24. The van der Waals surface area contributed by atoms with Gasteiger partial charge in [-0.05, 0) is 41.1 Å². The van der Waals surface area contributed by atoms with Crippen LogP contribution in [0.1, 0.15) is 0 Å². The highest BCUT2D eigenvalue weighted by molar-refractivity contribution is 5.85. The molecule has 0 saturated heterocycles. The van der Waals surface area contributed by atoms with Crippen molar-refractivity contribution in [2.75, 3.05) is 0 Å². The van der Waals surface area contributed by atoms with Crippen molar-refractivity contribution in [2.45, 2.75) is 0 Å². The molecule has 0 aliphatic heterocycles. The summed E-state index contributed by atoms with van der Waals surface area (Å²) in [7, 11) is 0. The van der Waals surface area contributed by atoms with Gasteiger partial charge in [-0.2, -0.15) is 10.2 Å². The normalized spacial score (nSPS) is 11.1. The second-order valence-corrected chi connectivity index (χ2v) is 3.99. The Balaban J connectivity index is 1.93. The average Bonchev–Trinajstić information content (AvgIpc) is 2.46. The molecule has 0 fully saturated rings. The number of hydrogen-bond acceptors (Lipinski definition) is 2. The fourth-order valence-electron chi connectivity index (χ4n) is 1.80. The molecule has 18 heavy (non-hydrogen) atoms. The summed E-state index contributed by atoms with van der Waals surface area (Å²) >= 11 is 0. The molecule has 1 radical (unpaired) electrons. The molecular formula is C16H11N2. The fraction of sp³-hybridized carbons (Fsp3) is 0. The summed E-state index contributed by atoms with van der Waals surface area (Å²) in [5.74, 6) is 0. The van der Waals surface area contributed by atoms with Gasteiger partial charge in [0, 0.05) is 0 Å². The first-order valence-electron chi connectivity index (χ1n) is 5.78. The van der Waals surface area contributed by atoms with E-state index in [1.54, 1.807) is 0 Å². The smallest absolute Gasteiger partial charge is 0.0863 e. The van der Waals surface area contributed by atoms with Gasteiger partial charge in [-0.3, -0.25) is 0 Å². The fourth-order valence-corrected chi connectivity index (χ4v) is 1.80. The predicted molar refractivity (Wildman–Crippen MR) is 73.4 cm³/mol. The molecule has 0 aromatic heterocycles. The molecule has 2 nitrogen and oxygen atoms in total. The molecular weight excluding hydrogens is 220 g/mol. The summed E-state index contributed by atoms with van der Waals surface area (Å²) in [6.07, 6.45) is 0. The zero-order valence-electron chi connectivity index (χ0n) is 9.75.